The number of nitrogens with zero attached hydrogens (tertiary/aromatic N) is 3. The molecular formula is C18H22N4. The average molecular weight is 294 g/mol. The van der Waals surface area contributed by atoms with Gasteiger partial charge in [0.1, 0.15) is 11.6 Å². The van der Waals surface area contributed by atoms with Crippen LogP contribution in [0.3, 0.4) is 0 Å². The first-order chi connectivity index (χ1) is 10.6. The molecule has 0 saturated carbocycles. The van der Waals surface area contributed by atoms with Crippen molar-refractivity contribution in [2.45, 2.75) is 26.3 Å². The largest absolute Gasteiger partial charge is 0.354 e. The molecule has 0 bridgehead atoms. The van der Waals surface area contributed by atoms with E-state index in [-0.39, 0.29) is 0 Å². The van der Waals surface area contributed by atoms with Crippen LogP contribution < -0.4 is 10.2 Å². The quantitative estimate of drug-likeness (QED) is 0.883. The van der Waals surface area contributed by atoms with Crippen LogP contribution in [-0.4, -0.2) is 35.6 Å². The van der Waals surface area contributed by atoms with E-state index in [0.717, 1.165) is 49.1 Å². The van der Waals surface area contributed by atoms with Gasteiger partial charge in [0.05, 0.1) is 5.52 Å². The van der Waals surface area contributed by atoms with E-state index in [9.17, 15) is 0 Å². The standard InChI is InChI=1S/C18H22N4/c1-11(2)6-13-4-5-16-15(7-13)18(21-12(3)20-16)22-9-14-8-19-17(14)10-22/h4-5,7,14,17,19H,1,6,8-10H2,2-3H3. The summed E-state index contributed by atoms with van der Waals surface area (Å²) in [6, 6.07) is 7.16. The number of allylic oxidation sites excluding steroid dienone is 1. The summed E-state index contributed by atoms with van der Waals surface area (Å²) in [5.74, 6) is 2.73. The van der Waals surface area contributed by atoms with Crippen molar-refractivity contribution in [1.82, 2.24) is 15.3 Å². The van der Waals surface area contributed by atoms with E-state index in [1.165, 1.54) is 16.5 Å². The molecule has 2 saturated heterocycles. The van der Waals surface area contributed by atoms with Gasteiger partial charge in [-0.25, -0.2) is 9.97 Å². The first-order valence-corrected chi connectivity index (χ1v) is 8.00. The minimum Gasteiger partial charge on any atom is -0.354 e. The van der Waals surface area contributed by atoms with Gasteiger partial charge in [-0.15, -0.1) is 0 Å². The fraction of sp³-hybridized carbons (Fsp3) is 0.444. The van der Waals surface area contributed by atoms with E-state index >= 15 is 0 Å². The first-order valence-electron chi connectivity index (χ1n) is 8.00. The third kappa shape index (κ3) is 2.28. The van der Waals surface area contributed by atoms with Crippen molar-refractivity contribution in [1.29, 1.82) is 0 Å². The maximum absolute atomic E-state index is 4.76. The summed E-state index contributed by atoms with van der Waals surface area (Å²) in [5, 5.41) is 4.68. The SMILES string of the molecule is C=C(C)Cc1ccc2nc(C)nc(N3CC4CNC4C3)c2c1. The minimum atomic E-state index is 0.643. The normalized spacial score (nSPS) is 23.5. The molecule has 0 spiro atoms. The summed E-state index contributed by atoms with van der Waals surface area (Å²) in [5.41, 5.74) is 3.51. The number of hydrogen-bond acceptors (Lipinski definition) is 4. The molecule has 1 N–H and O–H groups in total. The van der Waals surface area contributed by atoms with Crippen LogP contribution in [0.4, 0.5) is 5.82 Å². The Bertz CT molecular complexity index is 740. The molecule has 4 rings (SSSR count). The molecule has 3 heterocycles. The Balaban J connectivity index is 1.79. The van der Waals surface area contributed by atoms with Crippen LogP contribution in [0.15, 0.2) is 30.4 Å². The van der Waals surface area contributed by atoms with Crippen LogP contribution in [-0.2, 0) is 6.42 Å². The number of anilines is 1. The second-order valence-electron chi connectivity index (χ2n) is 6.76. The summed E-state index contributed by atoms with van der Waals surface area (Å²) >= 11 is 0. The van der Waals surface area contributed by atoms with Gasteiger partial charge in [0.25, 0.3) is 0 Å². The Labute approximate surface area is 131 Å². The van der Waals surface area contributed by atoms with Crippen molar-refractivity contribution in [2.75, 3.05) is 24.5 Å². The average Bonchev–Trinajstić information content (AvgIpc) is 2.73. The zero-order chi connectivity index (χ0) is 15.3. The number of benzene rings is 1. The van der Waals surface area contributed by atoms with Crippen molar-refractivity contribution in [3.05, 3.63) is 41.7 Å². The van der Waals surface area contributed by atoms with Crippen molar-refractivity contribution < 1.29 is 0 Å². The second kappa shape index (κ2) is 5.06. The Kier molecular flexibility index (Phi) is 3.15. The second-order valence-corrected chi connectivity index (χ2v) is 6.76. The van der Waals surface area contributed by atoms with E-state index in [1.807, 2.05) is 6.92 Å². The third-order valence-corrected chi connectivity index (χ3v) is 4.74. The predicted molar refractivity (Wildman–Crippen MR) is 90.3 cm³/mol. The minimum absolute atomic E-state index is 0.643. The predicted octanol–water partition coefficient (Wildman–Crippen LogP) is 2.46. The van der Waals surface area contributed by atoms with E-state index in [0.29, 0.717) is 6.04 Å². The molecule has 2 aliphatic heterocycles. The monoisotopic (exact) mass is 294 g/mol. The van der Waals surface area contributed by atoms with Gasteiger partial charge in [0, 0.05) is 37.0 Å². The zero-order valence-corrected chi connectivity index (χ0v) is 13.3. The lowest BCUT2D eigenvalue weighted by atomic mass is 9.96. The molecule has 0 aliphatic carbocycles. The van der Waals surface area contributed by atoms with Crippen molar-refractivity contribution in [3.8, 4) is 0 Å². The van der Waals surface area contributed by atoms with Gasteiger partial charge in [0.15, 0.2) is 0 Å². The van der Waals surface area contributed by atoms with E-state index in [4.69, 9.17) is 4.98 Å². The molecule has 22 heavy (non-hydrogen) atoms. The molecule has 2 atom stereocenters. The lowest BCUT2D eigenvalue weighted by Gasteiger charge is -2.29. The molecule has 114 valence electrons. The topological polar surface area (TPSA) is 41.1 Å². The van der Waals surface area contributed by atoms with Crippen LogP contribution in [0.1, 0.15) is 18.3 Å². The highest BCUT2D eigenvalue weighted by Gasteiger charge is 2.39. The summed E-state index contributed by atoms with van der Waals surface area (Å²) in [4.78, 5) is 11.8. The Hall–Kier alpha value is -1.94. The van der Waals surface area contributed by atoms with Crippen LogP contribution >= 0.6 is 0 Å². The highest BCUT2D eigenvalue weighted by molar-refractivity contribution is 5.90. The number of aromatic nitrogens is 2. The smallest absolute Gasteiger partial charge is 0.140 e. The number of aryl methyl sites for hydroxylation is 1. The molecule has 2 unspecified atom stereocenters. The maximum atomic E-state index is 4.76. The number of nitrogens with one attached hydrogen (secondary N) is 1. The lowest BCUT2D eigenvalue weighted by Crippen LogP contribution is -2.51. The number of hydrogen-bond donors (Lipinski definition) is 1. The molecule has 0 radical (unpaired) electrons. The molecule has 2 aromatic rings. The fourth-order valence-electron chi connectivity index (χ4n) is 3.60. The summed E-state index contributed by atoms with van der Waals surface area (Å²) in [7, 11) is 0. The number of rotatable bonds is 3. The summed E-state index contributed by atoms with van der Waals surface area (Å²) in [6.45, 7) is 11.4. The van der Waals surface area contributed by atoms with Crippen LogP contribution in [0.25, 0.3) is 10.9 Å². The Morgan fingerprint density at radius 2 is 2.23 bits per heavy atom. The molecule has 2 fully saturated rings. The van der Waals surface area contributed by atoms with Gasteiger partial charge in [-0.3, -0.25) is 0 Å². The van der Waals surface area contributed by atoms with Gasteiger partial charge in [-0.05, 0) is 38.0 Å². The molecule has 1 aromatic carbocycles. The van der Waals surface area contributed by atoms with Crippen LogP contribution in [0.5, 0.6) is 0 Å². The first kappa shape index (κ1) is 13.7. The van der Waals surface area contributed by atoms with Gasteiger partial charge in [-0.2, -0.15) is 0 Å². The maximum Gasteiger partial charge on any atom is 0.140 e. The molecule has 1 aromatic heterocycles. The molecular weight excluding hydrogens is 272 g/mol. The molecule has 2 aliphatic rings. The van der Waals surface area contributed by atoms with Gasteiger partial charge in [-0.1, -0.05) is 18.2 Å². The van der Waals surface area contributed by atoms with Gasteiger partial charge < -0.3 is 10.2 Å². The van der Waals surface area contributed by atoms with Gasteiger partial charge in [0.2, 0.25) is 0 Å². The Morgan fingerprint density at radius 1 is 1.36 bits per heavy atom. The fourth-order valence-corrected chi connectivity index (χ4v) is 3.60. The Morgan fingerprint density at radius 3 is 2.86 bits per heavy atom. The molecule has 4 nitrogen and oxygen atoms in total. The van der Waals surface area contributed by atoms with E-state index in [1.54, 1.807) is 0 Å². The van der Waals surface area contributed by atoms with Crippen molar-refractivity contribution in [3.63, 3.8) is 0 Å². The molecule has 4 heteroatoms. The molecule has 0 amide bonds. The van der Waals surface area contributed by atoms with Crippen molar-refractivity contribution in [2.24, 2.45) is 5.92 Å². The third-order valence-electron chi connectivity index (χ3n) is 4.74. The van der Waals surface area contributed by atoms with Gasteiger partial charge >= 0.3 is 0 Å². The number of fused-ring (bicyclic) bond motifs is 2. The van der Waals surface area contributed by atoms with E-state index < -0.39 is 0 Å². The van der Waals surface area contributed by atoms with E-state index in [2.05, 4.69) is 46.9 Å². The summed E-state index contributed by atoms with van der Waals surface area (Å²) < 4.78 is 0. The van der Waals surface area contributed by atoms with Crippen LogP contribution in [0.2, 0.25) is 0 Å². The highest BCUT2D eigenvalue weighted by Crippen LogP contribution is 2.32. The van der Waals surface area contributed by atoms with Crippen molar-refractivity contribution >= 4 is 16.7 Å². The highest BCUT2D eigenvalue weighted by atomic mass is 15.3. The van der Waals surface area contributed by atoms with Crippen LogP contribution in [0, 0.1) is 12.8 Å². The summed E-state index contributed by atoms with van der Waals surface area (Å²) in [6.07, 6.45) is 0.913. The zero-order valence-electron chi connectivity index (χ0n) is 13.3. The lowest BCUT2D eigenvalue weighted by molar-refractivity contribution is 0.297.